The van der Waals surface area contributed by atoms with E-state index in [1.807, 2.05) is 0 Å². The molecule has 1 saturated heterocycles. The predicted molar refractivity (Wildman–Crippen MR) is 70.9 cm³/mol. The minimum Gasteiger partial charge on any atom is -0.379 e. The van der Waals surface area contributed by atoms with Gasteiger partial charge in [0, 0.05) is 13.1 Å². The van der Waals surface area contributed by atoms with Gasteiger partial charge in [0.05, 0.1) is 13.2 Å². The van der Waals surface area contributed by atoms with Crippen LogP contribution in [0, 0.1) is 12.8 Å². The lowest BCUT2D eigenvalue weighted by molar-refractivity contribution is 0.0361. The van der Waals surface area contributed by atoms with Crippen molar-refractivity contribution in [1.82, 2.24) is 4.90 Å². The van der Waals surface area contributed by atoms with Crippen molar-refractivity contribution in [2.24, 2.45) is 5.92 Å². The highest BCUT2D eigenvalue weighted by molar-refractivity contribution is 5.15. The largest absolute Gasteiger partial charge is 0.379 e. The second-order valence-corrected chi connectivity index (χ2v) is 4.80. The van der Waals surface area contributed by atoms with E-state index in [1.54, 1.807) is 0 Å². The number of nitrogens with zero attached hydrogens (tertiary/aromatic N) is 1. The van der Waals surface area contributed by atoms with Crippen LogP contribution >= 0.6 is 0 Å². The first-order valence-electron chi connectivity index (χ1n) is 6.52. The van der Waals surface area contributed by atoms with Gasteiger partial charge >= 0.3 is 0 Å². The van der Waals surface area contributed by atoms with Gasteiger partial charge in [-0.15, -0.1) is 0 Å². The molecule has 1 heterocycles. The van der Waals surface area contributed by atoms with Crippen molar-refractivity contribution in [2.45, 2.75) is 12.8 Å². The van der Waals surface area contributed by atoms with E-state index in [9.17, 15) is 0 Å². The highest BCUT2D eigenvalue weighted by atomic mass is 16.5. The molecule has 0 spiro atoms. The van der Waals surface area contributed by atoms with Gasteiger partial charge in [-0.2, -0.15) is 0 Å². The Labute approximate surface area is 105 Å². The monoisotopic (exact) mass is 232 g/mol. The molecule has 1 atom stereocenters. The van der Waals surface area contributed by atoms with Gasteiger partial charge in [0.15, 0.2) is 0 Å². The summed E-state index contributed by atoms with van der Waals surface area (Å²) in [4.78, 5) is 2.48. The molecule has 0 saturated carbocycles. The molecule has 1 aliphatic rings. The maximum Gasteiger partial charge on any atom is 0.0594 e. The summed E-state index contributed by atoms with van der Waals surface area (Å²) in [5.74, 6) is 0.514. The summed E-state index contributed by atoms with van der Waals surface area (Å²) in [7, 11) is 0. The van der Waals surface area contributed by atoms with Crippen LogP contribution < -0.4 is 0 Å². The molecule has 17 heavy (non-hydrogen) atoms. The Morgan fingerprint density at radius 3 is 2.59 bits per heavy atom. The molecule has 1 aromatic carbocycles. The van der Waals surface area contributed by atoms with Crippen molar-refractivity contribution in [3.8, 4) is 0 Å². The molecule has 0 aliphatic carbocycles. The second kappa shape index (κ2) is 6.77. The molecule has 0 amide bonds. The molecule has 1 aromatic rings. The highest BCUT2D eigenvalue weighted by Crippen LogP contribution is 2.12. The molecule has 2 heteroatoms. The lowest BCUT2D eigenvalue weighted by atomic mass is 9.98. The van der Waals surface area contributed by atoms with Crippen LogP contribution in [-0.2, 0) is 11.2 Å². The van der Waals surface area contributed by atoms with Crippen molar-refractivity contribution in [3.63, 3.8) is 0 Å². The molecule has 93 valence electrons. The van der Waals surface area contributed by atoms with Gasteiger partial charge in [-0.25, -0.2) is 0 Å². The van der Waals surface area contributed by atoms with E-state index in [0.717, 1.165) is 39.3 Å². The number of ether oxygens (including phenoxy) is 1. The lowest BCUT2D eigenvalue weighted by Gasteiger charge is -2.27. The number of hydrogen-bond acceptors (Lipinski definition) is 2. The molecule has 1 unspecified atom stereocenters. The molecular formula is C15H22NO. The van der Waals surface area contributed by atoms with Crippen molar-refractivity contribution in [1.29, 1.82) is 0 Å². The van der Waals surface area contributed by atoms with Gasteiger partial charge in [-0.05, 0) is 37.8 Å². The number of rotatable bonds is 5. The average Bonchev–Trinajstić information content (AvgIpc) is 2.39. The zero-order valence-electron chi connectivity index (χ0n) is 10.5. The molecule has 0 aromatic heterocycles. The topological polar surface area (TPSA) is 12.5 Å². The highest BCUT2D eigenvalue weighted by Gasteiger charge is 2.11. The molecular weight excluding hydrogens is 210 g/mol. The van der Waals surface area contributed by atoms with Gasteiger partial charge in [-0.1, -0.05) is 30.3 Å². The minimum atomic E-state index is 0.514. The Hall–Kier alpha value is -0.860. The van der Waals surface area contributed by atoms with Crippen molar-refractivity contribution < 1.29 is 4.74 Å². The van der Waals surface area contributed by atoms with Crippen LogP contribution in [0.2, 0.25) is 0 Å². The summed E-state index contributed by atoms with van der Waals surface area (Å²) >= 11 is 0. The molecule has 2 rings (SSSR count). The third-order valence-corrected chi connectivity index (χ3v) is 3.32. The van der Waals surface area contributed by atoms with Crippen LogP contribution in [0.1, 0.15) is 12.0 Å². The molecule has 2 nitrogen and oxygen atoms in total. The maximum absolute atomic E-state index is 5.34. The van der Waals surface area contributed by atoms with Crippen LogP contribution in [0.5, 0.6) is 0 Å². The molecule has 0 bridgehead atoms. The van der Waals surface area contributed by atoms with Gasteiger partial charge in [0.2, 0.25) is 0 Å². The third-order valence-electron chi connectivity index (χ3n) is 3.32. The standard InChI is InChI=1S/C15H22NO/c1-14(13-15-5-3-2-4-6-15)7-8-16-9-11-17-12-10-16/h2-6,14H,1,7-13H2. The van der Waals surface area contributed by atoms with Crippen LogP contribution in [0.3, 0.4) is 0 Å². The van der Waals surface area contributed by atoms with E-state index in [0.29, 0.717) is 5.92 Å². The molecule has 1 fully saturated rings. The Balaban J connectivity index is 1.68. The smallest absolute Gasteiger partial charge is 0.0594 e. The van der Waals surface area contributed by atoms with E-state index in [-0.39, 0.29) is 0 Å². The molecule has 0 N–H and O–H groups in total. The van der Waals surface area contributed by atoms with Crippen molar-refractivity contribution in [2.75, 3.05) is 32.8 Å². The summed E-state index contributed by atoms with van der Waals surface area (Å²) in [6.45, 7) is 9.36. The van der Waals surface area contributed by atoms with Gasteiger partial charge in [0.1, 0.15) is 0 Å². The van der Waals surface area contributed by atoms with Crippen LogP contribution in [-0.4, -0.2) is 37.7 Å². The summed E-state index contributed by atoms with van der Waals surface area (Å²) in [5, 5.41) is 0. The first kappa shape index (κ1) is 12.6. The van der Waals surface area contributed by atoms with E-state index in [1.165, 1.54) is 12.0 Å². The quantitative estimate of drug-likeness (QED) is 0.773. The lowest BCUT2D eigenvalue weighted by Crippen LogP contribution is -2.37. The fourth-order valence-corrected chi connectivity index (χ4v) is 2.24. The van der Waals surface area contributed by atoms with Gasteiger partial charge in [-0.3, -0.25) is 4.90 Å². The van der Waals surface area contributed by atoms with Crippen molar-refractivity contribution in [3.05, 3.63) is 42.8 Å². The molecule has 1 radical (unpaired) electrons. The third kappa shape index (κ3) is 4.49. The zero-order valence-corrected chi connectivity index (χ0v) is 10.5. The summed E-state index contributed by atoms with van der Waals surface area (Å²) in [6.07, 6.45) is 2.26. The van der Waals surface area contributed by atoms with Crippen molar-refractivity contribution >= 4 is 0 Å². The Morgan fingerprint density at radius 2 is 1.88 bits per heavy atom. The SMILES string of the molecule is [CH2]C(CCN1CCOCC1)Cc1ccccc1. The summed E-state index contributed by atoms with van der Waals surface area (Å²) in [5.41, 5.74) is 1.40. The zero-order chi connectivity index (χ0) is 11.9. The fraction of sp³-hybridized carbons (Fsp3) is 0.533. The Morgan fingerprint density at radius 1 is 1.18 bits per heavy atom. The second-order valence-electron chi connectivity index (χ2n) is 4.80. The molecule has 1 aliphatic heterocycles. The first-order valence-corrected chi connectivity index (χ1v) is 6.52. The van der Waals surface area contributed by atoms with Crippen LogP contribution in [0.15, 0.2) is 30.3 Å². The number of hydrogen-bond donors (Lipinski definition) is 0. The number of benzene rings is 1. The number of morpholine rings is 1. The summed E-state index contributed by atoms with van der Waals surface area (Å²) < 4.78 is 5.34. The Bertz CT molecular complexity index is 306. The van der Waals surface area contributed by atoms with E-state index < -0.39 is 0 Å². The van der Waals surface area contributed by atoms with E-state index in [4.69, 9.17) is 4.74 Å². The Kier molecular flexibility index (Phi) is 5.02. The summed E-state index contributed by atoms with van der Waals surface area (Å²) in [6, 6.07) is 10.6. The van der Waals surface area contributed by atoms with Gasteiger partial charge < -0.3 is 4.74 Å². The minimum absolute atomic E-state index is 0.514. The van der Waals surface area contributed by atoms with Crippen LogP contribution in [0.25, 0.3) is 0 Å². The normalized spacial score (nSPS) is 19.1. The maximum atomic E-state index is 5.34. The van der Waals surface area contributed by atoms with E-state index in [2.05, 4.69) is 42.2 Å². The van der Waals surface area contributed by atoms with Gasteiger partial charge in [0.25, 0.3) is 0 Å². The van der Waals surface area contributed by atoms with Crippen LogP contribution in [0.4, 0.5) is 0 Å². The van der Waals surface area contributed by atoms with E-state index >= 15 is 0 Å². The first-order chi connectivity index (χ1) is 8.34. The average molecular weight is 232 g/mol. The fourth-order valence-electron chi connectivity index (χ4n) is 2.24. The predicted octanol–water partition coefficient (Wildman–Crippen LogP) is 2.40.